The van der Waals surface area contributed by atoms with Crippen LogP contribution in [0.4, 0.5) is 0 Å². The van der Waals surface area contributed by atoms with Crippen molar-refractivity contribution in [1.29, 1.82) is 0 Å². The van der Waals surface area contributed by atoms with Crippen LogP contribution >= 0.6 is 0 Å². The molecule has 1 heterocycles. The van der Waals surface area contributed by atoms with Crippen molar-refractivity contribution in [3.05, 3.63) is 30.1 Å². The van der Waals surface area contributed by atoms with Gasteiger partial charge in [0.05, 0.1) is 5.69 Å². The average molecular weight is 285 g/mol. The Morgan fingerprint density at radius 2 is 2.11 bits per heavy atom. The zero-order chi connectivity index (χ0) is 14.3. The first-order valence-corrected chi connectivity index (χ1v) is 8.19. The Hall–Kier alpha value is -0.980. The van der Waals surface area contributed by atoms with E-state index in [-0.39, 0.29) is 11.8 Å². The van der Waals surface area contributed by atoms with Crippen LogP contribution in [-0.2, 0) is 15.8 Å². The zero-order valence-corrected chi connectivity index (χ0v) is 12.7. The third kappa shape index (κ3) is 4.89. The van der Waals surface area contributed by atoms with Gasteiger partial charge in [-0.05, 0) is 25.6 Å². The predicted octanol–water partition coefficient (Wildman–Crippen LogP) is 1.23. The number of sulfonamides is 1. The molecule has 0 amide bonds. The van der Waals surface area contributed by atoms with E-state index in [1.54, 1.807) is 24.4 Å². The fourth-order valence-corrected chi connectivity index (χ4v) is 3.40. The minimum atomic E-state index is -3.31. The second-order valence-corrected chi connectivity index (χ2v) is 6.39. The molecule has 0 aliphatic heterocycles. The summed E-state index contributed by atoms with van der Waals surface area (Å²) < 4.78 is 26.2. The van der Waals surface area contributed by atoms with Crippen LogP contribution in [0.25, 0.3) is 0 Å². The van der Waals surface area contributed by atoms with Crippen molar-refractivity contribution < 1.29 is 8.42 Å². The predicted molar refractivity (Wildman–Crippen MR) is 77.2 cm³/mol. The quantitative estimate of drug-likeness (QED) is 0.780. The fourth-order valence-electron chi connectivity index (χ4n) is 1.87. The molecule has 1 atom stereocenters. The first-order valence-electron chi connectivity index (χ1n) is 6.58. The molecule has 0 aliphatic carbocycles. The van der Waals surface area contributed by atoms with E-state index < -0.39 is 10.0 Å². The van der Waals surface area contributed by atoms with Gasteiger partial charge in [-0.1, -0.05) is 19.9 Å². The van der Waals surface area contributed by atoms with Crippen LogP contribution in [0.1, 0.15) is 26.0 Å². The summed E-state index contributed by atoms with van der Waals surface area (Å²) in [6.07, 6.45) is 2.51. The Bertz CT molecular complexity index is 458. The number of nitrogens with zero attached hydrogens (tertiary/aromatic N) is 2. The molecule has 6 heteroatoms. The van der Waals surface area contributed by atoms with E-state index in [1.807, 2.05) is 20.9 Å². The molecule has 0 saturated heterocycles. The first kappa shape index (κ1) is 16.1. The van der Waals surface area contributed by atoms with Crippen molar-refractivity contribution in [3.63, 3.8) is 0 Å². The van der Waals surface area contributed by atoms with Crippen molar-refractivity contribution in [1.82, 2.24) is 14.6 Å². The maximum atomic E-state index is 12.4. The number of likely N-dealkylation sites (N-methyl/N-ethyl adjacent to an activating group) is 2. The van der Waals surface area contributed by atoms with Gasteiger partial charge in [0, 0.05) is 25.3 Å². The highest BCUT2D eigenvalue weighted by Crippen LogP contribution is 2.10. The van der Waals surface area contributed by atoms with E-state index in [9.17, 15) is 8.42 Å². The molecule has 0 saturated carbocycles. The standard InChI is InChI=1S/C13H23N3O2S/c1-4-12(14-3)10-16(5-2)19(17,18)11-13-8-6-7-9-15-13/h6-9,12,14H,4-5,10-11H2,1-3H3/t12-/m1/s1. The fraction of sp³-hybridized carbons (Fsp3) is 0.615. The number of hydrogen-bond acceptors (Lipinski definition) is 4. The molecular weight excluding hydrogens is 262 g/mol. The molecule has 5 nitrogen and oxygen atoms in total. The number of nitrogens with one attached hydrogen (secondary N) is 1. The van der Waals surface area contributed by atoms with Gasteiger partial charge in [0.15, 0.2) is 0 Å². The third-order valence-corrected chi connectivity index (χ3v) is 4.98. The maximum absolute atomic E-state index is 12.4. The molecule has 1 aromatic heterocycles. The van der Waals surface area contributed by atoms with Crippen molar-refractivity contribution in [2.45, 2.75) is 32.1 Å². The lowest BCUT2D eigenvalue weighted by atomic mass is 10.2. The first-order chi connectivity index (χ1) is 9.03. The van der Waals surface area contributed by atoms with Gasteiger partial charge in [0.25, 0.3) is 0 Å². The highest BCUT2D eigenvalue weighted by Gasteiger charge is 2.23. The monoisotopic (exact) mass is 285 g/mol. The Balaban J connectivity index is 2.78. The van der Waals surface area contributed by atoms with E-state index in [1.165, 1.54) is 4.31 Å². The van der Waals surface area contributed by atoms with E-state index in [0.717, 1.165) is 6.42 Å². The average Bonchev–Trinajstić information content (AvgIpc) is 2.40. The molecule has 0 spiro atoms. The molecule has 1 N–H and O–H groups in total. The molecule has 0 fully saturated rings. The van der Waals surface area contributed by atoms with E-state index >= 15 is 0 Å². The molecule has 0 bridgehead atoms. The molecule has 0 radical (unpaired) electrons. The minimum Gasteiger partial charge on any atom is -0.316 e. The summed E-state index contributed by atoms with van der Waals surface area (Å²) in [7, 11) is -1.46. The number of hydrogen-bond donors (Lipinski definition) is 1. The molecule has 0 unspecified atom stereocenters. The SMILES string of the molecule is CC[C@H](CN(CC)S(=O)(=O)Cc1ccccn1)NC. The molecular formula is C13H23N3O2S. The molecule has 19 heavy (non-hydrogen) atoms. The topological polar surface area (TPSA) is 62.3 Å². The van der Waals surface area contributed by atoms with Crippen LogP contribution in [0.2, 0.25) is 0 Å². The van der Waals surface area contributed by atoms with Crippen LogP contribution in [0, 0.1) is 0 Å². The van der Waals surface area contributed by atoms with Gasteiger partial charge in [-0.2, -0.15) is 0 Å². The van der Waals surface area contributed by atoms with Gasteiger partial charge in [-0.3, -0.25) is 4.98 Å². The molecule has 108 valence electrons. The Morgan fingerprint density at radius 1 is 1.37 bits per heavy atom. The number of aromatic nitrogens is 1. The summed E-state index contributed by atoms with van der Waals surface area (Å²) in [4.78, 5) is 4.08. The van der Waals surface area contributed by atoms with E-state index in [0.29, 0.717) is 18.8 Å². The van der Waals surface area contributed by atoms with E-state index in [2.05, 4.69) is 10.3 Å². The van der Waals surface area contributed by atoms with Gasteiger partial charge in [-0.25, -0.2) is 12.7 Å². The number of pyridine rings is 1. The van der Waals surface area contributed by atoms with Crippen LogP contribution in [0.5, 0.6) is 0 Å². The van der Waals surface area contributed by atoms with Crippen LogP contribution in [-0.4, -0.2) is 43.9 Å². The van der Waals surface area contributed by atoms with Gasteiger partial charge < -0.3 is 5.32 Å². The Kier molecular flexibility index (Phi) is 6.41. The second-order valence-electron chi connectivity index (χ2n) is 4.42. The Labute approximate surface area is 116 Å². The largest absolute Gasteiger partial charge is 0.316 e. The summed E-state index contributed by atoms with van der Waals surface area (Å²) in [5, 5.41) is 3.13. The lowest BCUT2D eigenvalue weighted by Gasteiger charge is -2.25. The van der Waals surface area contributed by atoms with Crippen molar-refractivity contribution in [2.24, 2.45) is 0 Å². The zero-order valence-electron chi connectivity index (χ0n) is 11.8. The maximum Gasteiger partial charge on any atom is 0.219 e. The summed E-state index contributed by atoms with van der Waals surface area (Å²) in [6.45, 7) is 4.88. The summed E-state index contributed by atoms with van der Waals surface area (Å²) in [6, 6.07) is 5.50. The smallest absolute Gasteiger partial charge is 0.219 e. The van der Waals surface area contributed by atoms with Crippen molar-refractivity contribution in [2.75, 3.05) is 20.1 Å². The van der Waals surface area contributed by atoms with E-state index in [4.69, 9.17) is 0 Å². The second kappa shape index (κ2) is 7.57. The van der Waals surface area contributed by atoms with Gasteiger partial charge >= 0.3 is 0 Å². The highest BCUT2D eigenvalue weighted by atomic mass is 32.2. The van der Waals surface area contributed by atoms with Crippen molar-refractivity contribution in [3.8, 4) is 0 Å². The summed E-state index contributed by atoms with van der Waals surface area (Å²) in [5.74, 6) is -0.0399. The summed E-state index contributed by atoms with van der Waals surface area (Å²) in [5.41, 5.74) is 0.582. The molecule has 1 rings (SSSR count). The van der Waals surface area contributed by atoms with Crippen LogP contribution in [0.3, 0.4) is 0 Å². The lowest BCUT2D eigenvalue weighted by molar-refractivity contribution is 0.368. The van der Waals surface area contributed by atoms with Crippen LogP contribution < -0.4 is 5.32 Å². The van der Waals surface area contributed by atoms with Crippen LogP contribution in [0.15, 0.2) is 24.4 Å². The molecule has 0 aromatic carbocycles. The Morgan fingerprint density at radius 3 is 2.58 bits per heavy atom. The normalized spacial score (nSPS) is 13.7. The highest BCUT2D eigenvalue weighted by molar-refractivity contribution is 7.88. The minimum absolute atomic E-state index is 0.0399. The molecule has 1 aromatic rings. The van der Waals surface area contributed by atoms with Crippen molar-refractivity contribution >= 4 is 10.0 Å². The molecule has 0 aliphatic rings. The lowest BCUT2D eigenvalue weighted by Crippen LogP contribution is -2.42. The van der Waals surface area contributed by atoms with Gasteiger partial charge in [-0.15, -0.1) is 0 Å². The summed E-state index contributed by atoms with van der Waals surface area (Å²) >= 11 is 0. The number of rotatable bonds is 8. The van der Waals surface area contributed by atoms with Gasteiger partial charge in [0.2, 0.25) is 10.0 Å². The van der Waals surface area contributed by atoms with Gasteiger partial charge in [0.1, 0.15) is 5.75 Å². The third-order valence-electron chi connectivity index (χ3n) is 3.13.